The van der Waals surface area contributed by atoms with Crippen molar-refractivity contribution in [3.05, 3.63) is 54.5 Å². The van der Waals surface area contributed by atoms with Crippen LogP contribution >= 0.6 is 0 Å². The number of nitrogens with zero attached hydrogens (tertiary/aromatic N) is 3. The van der Waals surface area contributed by atoms with E-state index in [-0.39, 0.29) is 6.10 Å². The van der Waals surface area contributed by atoms with Crippen LogP contribution < -0.4 is 20.1 Å². The molecule has 0 radical (unpaired) electrons. The topological polar surface area (TPSA) is 73.2 Å². The number of rotatable bonds is 7. The molecule has 0 bridgehead atoms. The van der Waals surface area contributed by atoms with Crippen molar-refractivity contribution in [3.63, 3.8) is 0 Å². The third kappa shape index (κ3) is 4.09. The zero-order valence-electron chi connectivity index (χ0n) is 16.2. The summed E-state index contributed by atoms with van der Waals surface area (Å²) < 4.78 is 13.2. The molecular weight excluding hydrogens is 354 g/mol. The first-order chi connectivity index (χ1) is 13.7. The van der Waals surface area contributed by atoms with E-state index >= 15 is 0 Å². The minimum Gasteiger partial charge on any atom is -0.496 e. The molecule has 3 heterocycles. The molecule has 1 unspecified atom stereocenters. The fourth-order valence-electron chi connectivity index (χ4n) is 3.33. The van der Waals surface area contributed by atoms with E-state index in [9.17, 15) is 0 Å². The summed E-state index contributed by atoms with van der Waals surface area (Å²) in [6.07, 6.45) is 6.59. The molecule has 0 saturated carbocycles. The van der Waals surface area contributed by atoms with Gasteiger partial charge in [0.15, 0.2) is 0 Å². The highest BCUT2D eigenvalue weighted by molar-refractivity contribution is 5.69. The van der Waals surface area contributed by atoms with E-state index in [1.165, 1.54) is 5.56 Å². The average molecular weight is 379 g/mol. The maximum atomic E-state index is 6.04. The van der Waals surface area contributed by atoms with Gasteiger partial charge in [0.25, 0.3) is 0 Å². The Labute approximate surface area is 164 Å². The summed E-state index contributed by atoms with van der Waals surface area (Å²) in [6.45, 7) is 2.36. The van der Waals surface area contributed by atoms with E-state index in [4.69, 9.17) is 9.47 Å². The molecule has 28 heavy (non-hydrogen) atoms. The number of hydrogen-bond donors (Lipinski definition) is 2. The Bertz CT molecular complexity index is 940. The van der Waals surface area contributed by atoms with E-state index in [0.717, 1.165) is 48.6 Å². The Morgan fingerprint density at radius 1 is 1.29 bits per heavy atom. The van der Waals surface area contributed by atoms with Crippen molar-refractivity contribution in [2.45, 2.75) is 12.5 Å². The highest BCUT2D eigenvalue weighted by Gasteiger charge is 2.21. The quantitative estimate of drug-likeness (QED) is 0.615. The van der Waals surface area contributed by atoms with Crippen molar-refractivity contribution in [1.82, 2.24) is 20.1 Å². The molecule has 2 aromatic heterocycles. The van der Waals surface area contributed by atoms with E-state index < -0.39 is 0 Å². The molecule has 2 N–H and O–H groups in total. The van der Waals surface area contributed by atoms with Crippen LogP contribution in [0.3, 0.4) is 0 Å². The molecule has 1 aromatic carbocycles. The second kappa shape index (κ2) is 8.31. The molecule has 7 nitrogen and oxygen atoms in total. The first kappa shape index (κ1) is 18.3. The lowest BCUT2D eigenvalue weighted by atomic mass is 10.1. The summed E-state index contributed by atoms with van der Waals surface area (Å²) >= 11 is 0. The van der Waals surface area contributed by atoms with Crippen molar-refractivity contribution in [1.29, 1.82) is 0 Å². The van der Waals surface area contributed by atoms with Crippen molar-refractivity contribution in [2.24, 2.45) is 7.05 Å². The average Bonchev–Trinajstić information content (AvgIpc) is 3.17. The zero-order valence-corrected chi connectivity index (χ0v) is 16.2. The van der Waals surface area contributed by atoms with Gasteiger partial charge in [0.2, 0.25) is 5.88 Å². The highest BCUT2D eigenvalue weighted by atomic mass is 16.5. The molecule has 1 atom stereocenters. The lowest BCUT2D eigenvalue weighted by Crippen LogP contribution is -2.40. The molecule has 146 valence electrons. The number of aromatic nitrogens is 3. The number of methoxy groups -OCH3 is 1. The van der Waals surface area contributed by atoms with Crippen molar-refractivity contribution >= 4 is 5.69 Å². The fourth-order valence-corrected chi connectivity index (χ4v) is 3.33. The lowest BCUT2D eigenvalue weighted by molar-refractivity contribution is 0.194. The Kier molecular flexibility index (Phi) is 5.43. The maximum Gasteiger partial charge on any atom is 0.237 e. The SMILES string of the molecule is COc1ccccc1CCNCC1CNc2cc(-c3cnn(C)c3)cnc2O1. The smallest absolute Gasteiger partial charge is 0.237 e. The fraction of sp³-hybridized carbons (Fsp3) is 0.333. The molecule has 1 aliphatic rings. The van der Waals surface area contributed by atoms with Crippen LogP contribution in [-0.4, -0.2) is 47.6 Å². The van der Waals surface area contributed by atoms with Crippen molar-refractivity contribution in [3.8, 4) is 22.8 Å². The summed E-state index contributed by atoms with van der Waals surface area (Å²) in [5.41, 5.74) is 4.19. The highest BCUT2D eigenvalue weighted by Crippen LogP contribution is 2.31. The van der Waals surface area contributed by atoms with Gasteiger partial charge in [-0.05, 0) is 30.7 Å². The molecule has 0 amide bonds. The van der Waals surface area contributed by atoms with E-state index in [1.54, 1.807) is 11.8 Å². The number of fused-ring (bicyclic) bond motifs is 1. The zero-order chi connectivity index (χ0) is 19.3. The molecule has 0 spiro atoms. The third-order valence-electron chi connectivity index (χ3n) is 4.82. The number of hydrogen-bond acceptors (Lipinski definition) is 6. The number of para-hydroxylation sites is 1. The lowest BCUT2D eigenvalue weighted by Gasteiger charge is -2.27. The Hall–Kier alpha value is -3.06. The molecule has 3 aromatic rings. The van der Waals surface area contributed by atoms with Crippen LogP contribution in [0.5, 0.6) is 11.6 Å². The van der Waals surface area contributed by atoms with Crippen molar-refractivity contribution in [2.75, 3.05) is 32.1 Å². The third-order valence-corrected chi connectivity index (χ3v) is 4.82. The van der Waals surface area contributed by atoms with Crippen LogP contribution in [0.2, 0.25) is 0 Å². The number of aryl methyl sites for hydroxylation is 1. The normalized spacial score (nSPS) is 15.4. The molecular formula is C21H25N5O2. The first-order valence-corrected chi connectivity index (χ1v) is 9.45. The van der Waals surface area contributed by atoms with Gasteiger partial charge in [-0.15, -0.1) is 0 Å². The van der Waals surface area contributed by atoms with Crippen LogP contribution in [-0.2, 0) is 13.5 Å². The minimum absolute atomic E-state index is 0.0434. The Balaban J connectivity index is 1.29. The number of benzene rings is 1. The summed E-state index contributed by atoms with van der Waals surface area (Å²) in [7, 11) is 3.61. The summed E-state index contributed by atoms with van der Waals surface area (Å²) in [4.78, 5) is 4.49. The van der Waals surface area contributed by atoms with Gasteiger partial charge in [-0.2, -0.15) is 5.10 Å². The summed E-state index contributed by atoms with van der Waals surface area (Å²) in [6, 6.07) is 10.2. The van der Waals surface area contributed by atoms with Gasteiger partial charge in [-0.3, -0.25) is 4.68 Å². The molecule has 0 saturated heterocycles. The van der Waals surface area contributed by atoms with Crippen LogP contribution in [0.1, 0.15) is 5.56 Å². The number of nitrogens with one attached hydrogen (secondary N) is 2. The predicted octanol–water partition coefficient (Wildman–Crippen LogP) is 2.50. The van der Waals surface area contributed by atoms with E-state index in [1.807, 2.05) is 43.8 Å². The summed E-state index contributed by atoms with van der Waals surface area (Å²) in [5, 5.41) is 11.1. The van der Waals surface area contributed by atoms with Crippen LogP contribution in [0, 0.1) is 0 Å². The number of ether oxygens (including phenoxy) is 2. The predicted molar refractivity (Wildman–Crippen MR) is 109 cm³/mol. The van der Waals surface area contributed by atoms with Crippen LogP contribution in [0.4, 0.5) is 5.69 Å². The van der Waals surface area contributed by atoms with Gasteiger partial charge < -0.3 is 20.1 Å². The molecule has 7 heteroatoms. The first-order valence-electron chi connectivity index (χ1n) is 9.45. The number of anilines is 1. The maximum absolute atomic E-state index is 6.04. The second-order valence-electron chi connectivity index (χ2n) is 6.87. The van der Waals surface area contributed by atoms with E-state index in [2.05, 4.69) is 32.8 Å². The monoisotopic (exact) mass is 379 g/mol. The van der Waals surface area contributed by atoms with E-state index in [0.29, 0.717) is 5.88 Å². The molecule has 1 aliphatic heterocycles. The van der Waals surface area contributed by atoms with Gasteiger partial charge in [-0.1, -0.05) is 18.2 Å². The molecule has 0 aliphatic carbocycles. The largest absolute Gasteiger partial charge is 0.496 e. The molecule has 0 fully saturated rings. The standard InChI is InChI=1S/C21H25N5O2/c1-26-14-17(11-25-26)16-9-19-21(24-10-16)28-18(13-23-19)12-22-8-7-15-5-3-4-6-20(15)27-2/h3-6,9-11,14,18,22-23H,7-8,12-13H2,1-2H3. The van der Waals surface area contributed by atoms with Crippen molar-refractivity contribution < 1.29 is 9.47 Å². The minimum atomic E-state index is 0.0434. The Morgan fingerprint density at radius 3 is 3.00 bits per heavy atom. The number of pyridine rings is 1. The van der Waals surface area contributed by atoms with Gasteiger partial charge in [0, 0.05) is 37.1 Å². The van der Waals surface area contributed by atoms with Crippen LogP contribution in [0.25, 0.3) is 11.1 Å². The van der Waals surface area contributed by atoms with Crippen LogP contribution in [0.15, 0.2) is 48.9 Å². The Morgan fingerprint density at radius 2 is 2.18 bits per heavy atom. The van der Waals surface area contributed by atoms with Gasteiger partial charge in [0.1, 0.15) is 11.9 Å². The van der Waals surface area contributed by atoms with Gasteiger partial charge in [0.05, 0.1) is 25.5 Å². The molecule has 4 rings (SSSR count). The van der Waals surface area contributed by atoms with Gasteiger partial charge >= 0.3 is 0 Å². The summed E-state index contributed by atoms with van der Waals surface area (Å²) in [5.74, 6) is 1.58. The second-order valence-corrected chi connectivity index (χ2v) is 6.87. The van der Waals surface area contributed by atoms with Gasteiger partial charge in [-0.25, -0.2) is 4.98 Å².